The van der Waals surface area contributed by atoms with Gasteiger partial charge >= 0.3 is 5.97 Å². The lowest BCUT2D eigenvalue weighted by molar-refractivity contribution is -0.167. The molecule has 0 N–H and O–H groups in total. The molecule has 4 atom stereocenters. The van der Waals surface area contributed by atoms with Gasteiger partial charge in [0.1, 0.15) is 6.10 Å². The Labute approximate surface area is 109 Å². The summed E-state index contributed by atoms with van der Waals surface area (Å²) in [5.41, 5.74) is 0.459. The first-order valence-electron chi connectivity index (χ1n) is 7.27. The number of rotatable bonds is 2. The summed E-state index contributed by atoms with van der Waals surface area (Å²) in [5, 5.41) is 0. The number of carbonyl (C=O) groups excluding carboxylic acids is 1. The second-order valence-corrected chi connectivity index (χ2v) is 7.04. The van der Waals surface area contributed by atoms with Crippen LogP contribution in [0.5, 0.6) is 0 Å². The van der Waals surface area contributed by atoms with E-state index in [4.69, 9.17) is 9.47 Å². The van der Waals surface area contributed by atoms with Crippen LogP contribution in [0, 0.1) is 16.7 Å². The minimum absolute atomic E-state index is 0.1000. The van der Waals surface area contributed by atoms with Gasteiger partial charge < -0.3 is 9.47 Å². The average Bonchev–Trinajstić information content (AvgIpc) is 2.95. The van der Waals surface area contributed by atoms with Crippen LogP contribution in [-0.4, -0.2) is 24.8 Å². The quantitative estimate of drug-likeness (QED) is 0.709. The van der Waals surface area contributed by atoms with Crippen molar-refractivity contribution in [1.29, 1.82) is 0 Å². The zero-order chi connectivity index (χ0) is 13.0. The maximum atomic E-state index is 12.1. The molecule has 1 aliphatic heterocycles. The first-order chi connectivity index (χ1) is 8.45. The van der Waals surface area contributed by atoms with Crippen LogP contribution in [-0.2, 0) is 14.3 Å². The lowest BCUT2D eigenvalue weighted by atomic mass is 9.70. The fourth-order valence-corrected chi connectivity index (χ4v) is 4.29. The smallest absolute Gasteiger partial charge is 0.335 e. The third-order valence-corrected chi connectivity index (χ3v) is 6.16. The van der Waals surface area contributed by atoms with Crippen LogP contribution < -0.4 is 0 Å². The third-order valence-electron chi connectivity index (χ3n) is 6.16. The standard InChI is InChI=1S/C15H24O3/c1-14(2)10-6-7-15(14,3)12(9-10)18-13(16)11-5-4-8-17-11/h10-12H,4-9H2,1-3H3/t10?,11-,12?,15?/m0/s1. The topological polar surface area (TPSA) is 35.5 Å². The molecule has 0 spiro atoms. The highest BCUT2D eigenvalue weighted by Crippen LogP contribution is 2.66. The highest BCUT2D eigenvalue weighted by Gasteiger charge is 2.63. The number of fused-ring (bicyclic) bond motifs is 2. The molecule has 1 saturated heterocycles. The predicted molar refractivity (Wildman–Crippen MR) is 68.1 cm³/mol. The highest BCUT2D eigenvalue weighted by atomic mass is 16.6. The van der Waals surface area contributed by atoms with E-state index < -0.39 is 0 Å². The molecule has 0 aromatic carbocycles. The predicted octanol–water partition coefficient (Wildman–Crippen LogP) is 2.92. The van der Waals surface area contributed by atoms with Crippen molar-refractivity contribution < 1.29 is 14.3 Å². The molecule has 0 amide bonds. The summed E-state index contributed by atoms with van der Waals surface area (Å²) in [4.78, 5) is 12.1. The summed E-state index contributed by atoms with van der Waals surface area (Å²) in [6.45, 7) is 7.68. The minimum Gasteiger partial charge on any atom is -0.460 e. The van der Waals surface area contributed by atoms with Gasteiger partial charge in [0, 0.05) is 12.0 Å². The van der Waals surface area contributed by atoms with E-state index in [0.717, 1.165) is 19.3 Å². The van der Waals surface area contributed by atoms with Crippen LogP contribution in [0.25, 0.3) is 0 Å². The van der Waals surface area contributed by atoms with E-state index in [-0.39, 0.29) is 23.6 Å². The Bertz CT molecular complexity index is 357. The van der Waals surface area contributed by atoms with E-state index in [2.05, 4.69) is 20.8 Å². The first-order valence-corrected chi connectivity index (χ1v) is 7.27. The van der Waals surface area contributed by atoms with Gasteiger partial charge in [-0.05, 0) is 43.4 Å². The van der Waals surface area contributed by atoms with Crippen molar-refractivity contribution in [1.82, 2.24) is 0 Å². The molecular weight excluding hydrogens is 228 g/mol. The monoisotopic (exact) mass is 252 g/mol. The van der Waals surface area contributed by atoms with E-state index in [0.29, 0.717) is 17.9 Å². The summed E-state index contributed by atoms with van der Waals surface area (Å²) < 4.78 is 11.2. The van der Waals surface area contributed by atoms with Crippen LogP contribution in [0.4, 0.5) is 0 Å². The Morgan fingerprint density at radius 2 is 2.06 bits per heavy atom. The van der Waals surface area contributed by atoms with Gasteiger partial charge in [0.2, 0.25) is 0 Å². The number of carbonyl (C=O) groups is 1. The van der Waals surface area contributed by atoms with Crippen molar-refractivity contribution in [3.8, 4) is 0 Å². The van der Waals surface area contributed by atoms with Gasteiger partial charge in [-0.15, -0.1) is 0 Å². The van der Waals surface area contributed by atoms with E-state index in [1.165, 1.54) is 12.8 Å². The lowest BCUT2D eigenvalue weighted by Crippen LogP contribution is -2.40. The molecule has 3 rings (SSSR count). The second kappa shape index (κ2) is 3.96. The molecule has 3 nitrogen and oxygen atoms in total. The van der Waals surface area contributed by atoms with Crippen LogP contribution in [0.2, 0.25) is 0 Å². The molecule has 3 fully saturated rings. The zero-order valence-electron chi connectivity index (χ0n) is 11.7. The first kappa shape index (κ1) is 12.5. The molecule has 3 aliphatic rings. The van der Waals surface area contributed by atoms with E-state index >= 15 is 0 Å². The van der Waals surface area contributed by atoms with Crippen LogP contribution in [0.3, 0.4) is 0 Å². The molecule has 2 saturated carbocycles. The molecule has 0 aromatic heterocycles. The minimum atomic E-state index is -0.296. The maximum absolute atomic E-state index is 12.1. The normalized spacial score (nSPS) is 45.4. The largest absolute Gasteiger partial charge is 0.460 e. The molecule has 102 valence electrons. The molecular formula is C15H24O3. The summed E-state index contributed by atoms with van der Waals surface area (Å²) in [6, 6.07) is 0. The van der Waals surface area contributed by atoms with E-state index in [9.17, 15) is 4.79 Å². The average molecular weight is 252 g/mol. The fraction of sp³-hybridized carbons (Fsp3) is 0.933. The number of esters is 1. The summed E-state index contributed by atoms with van der Waals surface area (Å²) in [6.07, 6.45) is 5.14. The summed E-state index contributed by atoms with van der Waals surface area (Å²) in [5.74, 6) is 0.590. The Morgan fingerprint density at radius 3 is 2.56 bits per heavy atom. The van der Waals surface area contributed by atoms with Crippen LogP contribution in [0.1, 0.15) is 52.9 Å². The molecule has 18 heavy (non-hydrogen) atoms. The van der Waals surface area contributed by atoms with Gasteiger partial charge in [0.15, 0.2) is 6.10 Å². The highest BCUT2D eigenvalue weighted by molar-refractivity contribution is 5.75. The third kappa shape index (κ3) is 1.56. The Morgan fingerprint density at radius 1 is 1.28 bits per heavy atom. The molecule has 2 aliphatic carbocycles. The number of hydrogen-bond acceptors (Lipinski definition) is 3. The molecule has 0 radical (unpaired) electrons. The lowest BCUT2D eigenvalue weighted by Gasteiger charge is -2.38. The van der Waals surface area contributed by atoms with Gasteiger partial charge in [0.05, 0.1) is 0 Å². The van der Waals surface area contributed by atoms with Crippen molar-refractivity contribution >= 4 is 5.97 Å². The van der Waals surface area contributed by atoms with Crippen LogP contribution in [0.15, 0.2) is 0 Å². The second-order valence-electron chi connectivity index (χ2n) is 7.04. The van der Waals surface area contributed by atoms with Gasteiger partial charge in [0.25, 0.3) is 0 Å². The van der Waals surface area contributed by atoms with Crippen molar-refractivity contribution in [2.45, 2.75) is 65.1 Å². The van der Waals surface area contributed by atoms with Crippen molar-refractivity contribution in [2.24, 2.45) is 16.7 Å². The SMILES string of the molecule is CC1(C)C2CCC1(C)C(OC(=O)[C@@H]1CCCO1)C2. The van der Waals surface area contributed by atoms with Gasteiger partial charge in [-0.2, -0.15) is 0 Å². The van der Waals surface area contributed by atoms with Crippen LogP contribution >= 0.6 is 0 Å². The Hall–Kier alpha value is -0.570. The Kier molecular flexibility index (Phi) is 2.74. The summed E-state index contributed by atoms with van der Waals surface area (Å²) >= 11 is 0. The van der Waals surface area contributed by atoms with Gasteiger partial charge in [-0.3, -0.25) is 0 Å². The van der Waals surface area contributed by atoms with Gasteiger partial charge in [-0.25, -0.2) is 4.79 Å². The van der Waals surface area contributed by atoms with E-state index in [1.54, 1.807) is 0 Å². The number of ether oxygens (including phenoxy) is 2. The fourth-order valence-electron chi connectivity index (χ4n) is 4.29. The number of hydrogen-bond donors (Lipinski definition) is 0. The van der Waals surface area contributed by atoms with Crippen molar-refractivity contribution in [2.75, 3.05) is 6.61 Å². The van der Waals surface area contributed by atoms with Gasteiger partial charge in [-0.1, -0.05) is 20.8 Å². The van der Waals surface area contributed by atoms with Crippen molar-refractivity contribution in [3.05, 3.63) is 0 Å². The molecule has 3 unspecified atom stereocenters. The van der Waals surface area contributed by atoms with Crippen molar-refractivity contribution in [3.63, 3.8) is 0 Å². The zero-order valence-corrected chi connectivity index (χ0v) is 11.7. The maximum Gasteiger partial charge on any atom is 0.335 e. The molecule has 0 aromatic rings. The molecule has 2 bridgehead atoms. The molecule has 3 heteroatoms. The molecule has 1 heterocycles. The Balaban J connectivity index is 1.70. The summed E-state index contributed by atoms with van der Waals surface area (Å²) in [7, 11) is 0. The van der Waals surface area contributed by atoms with E-state index in [1.807, 2.05) is 0 Å².